The lowest BCUT2D eigenvalue weighted by Crippen LogP contribution is -2.29. The van der Waals surface area contributed by atoms with Crippen molar-refractivity contribution >= 4 is 47.2 Å². The second-order valence-corrected chi connectivity index (χ2v) is 3.28. The van der Waals surface area contributed by atoms with Crippen LogP contribution in [0.25, 0.3) is 0 Å². The maximum Gasteiger partial charge on any atom is 0.195 e. The quantitative estimate of drug-likeness (QED) is 0.489. The lowest BCUT2D eigenvalue weighted by Gasteiger charge is -2.09. The van der Waals surface area contributed by atoms with E-state index in [9.17, 15) is 0 Å². The van der Waals surface area contributed by atoms with Crippen LogP contribution in [0, 0.1) is 0 Å². The Balaban J connectivity index is 0.00000169. The van der Waals surface area contributed by atoms with Gasteiger partial charge in [0, 0.05) is 19.1 Å². The van der Waals surface area contributed by atoms with Gasteiger partial charge in [-0.05, 0) is 24.3 Å². The van der Waals surface area contributed by atoms with Crippen molar-refractivity contribution in [2.24, 2.45) is 10.7 Å². The number of halogens is 2. The third-order valence-corrected chi connectivity index (χ3v) is 1.78. The van der Waals surface area contributed by atoms with E-state index in [2.05, 4.69) is 4.99 Å². The van der Waals surface area contributed by atoms with Gasteiger partial charge in [-0.2, -0.15) is 0 Å². The first-order valence-corrected chi connectivity index (χ1v) is 4.24. The van der Waals surface area contributed by atoms with Gasteiger partial charge in [-0.25, -0.2) is 4.99 Å². The average Bonchev–Trinajstić information content (AvgIpc) is 2.08. The molecule has 2 N–H and O–H groups in total. The fourth-order valence-electron chi connectivity index (χ4n) is 0.748. The minimum absolute atomic E-state index is 0. The van der Waals surface area contributed by atoms with Gasteiger partial charge in [0.2, 0.25) is 0 Å². The largest absolute Gasteiger partial charge is 0.370 e. The second-order valence-electron chi connectivity index (χ2n) is 2.84. The zero-order valence-corrected chi connectivity index (χ0v) is 11.2. The minimum Gasteiger partial charge on any atom is -0.370 e. The first kappa shape index (κ1) is 13.5. The third kappa shape index (κ3) is 4.15. The van der Waals surface area contributed by atoms with Gasteiger partial charge in [0.25, 0.3) is 0 Å². The minimum atomic E-state index is 0. The summed E-state index contributed by atoms with van der Waals surface area (Å²) in [5, 5.41) is 0.697. The van der Waals surface area contributed by atoms with E-state index in [4.69, 9.17) is 17.3 Å². The molecule has 0 aromatic heterocycles. The van der Waals surface area contributed by atoms with Crippen LogP contribution < -0.4 is 5.73 Å². The van der Waals surface area contributed by atoms with Crippen LogP contribution in [0.1, 0.15) is 0 Å². The Labute approximate surface area is 106 Å². The van der Waals surface area contributed by atoms with E-state index in [1.165, 1.54) is 0 Å². The lowest BCUT2D eigenvalue weighted by atomic mass is 10.3. The molecule has 0 unspecified atom stereocenters. The molecule has 0 aliphatic carbocycles. The highest BCUT2D eigenvalue weighted by atomic mass is 127. The number of aliphatic imine (C=N–C) groups is 1. The molecule has 0 aliphatic rings. The van der Waals surface area contributed by atoms with Crippen molar-refractivity contribution in [2.45, 2.75) is 0 Å². The first-order valence-electron chi connectivity index (χ1n) is 3.86. The SMILES string of the molecule is CN(C)C(N)=Nc1ccc(Cl)cc1.I. The fraction of sp³-hybridized carbons (Fsp3) is 0.222. The molecule has 0 saturated carbocycles. The van der Waals surface area contributed by atoms with Gasteiger partial charge in [0.05, 0.1) is 5.69 Å². The summed E-state index contributed by atoms with van der Waals surface area (Å²) < 4.78 is 0. The molecule has 0 radical (unpaired) electrons. The molecule has 5 heteroatoms. The molecule has 0 atom stereocenters. The Morgan fingerprint density at radius 1 is 1.29 bits per heavy atom. The number of guanidine groups is 1. The van der Waals surface area contributed by atoms with Gasteiger partial charge in [-0.15, -0.1) is 24.0 Å². The van der Waals surface area contributed by atoms with Gasteiger partial charge in [0.15, 0.2) is 5.96 Å². The van der Waals surface area contributed by atoms with Crippen LogP contribution in [-0.4, -0.2) is 25.0 Å². The molecule has 1 aromatic carbocycles. The molecule has 78 valence electrons. The van der Waals surface area contributed by atoms with Crippen LogP contribution in [0.2, 0.25) is 5.02 Å². The fourth-order valence-corrected chi connectivity index (χ4v) is 0.874. The van der Waals surface area contributed by atoms with E-state index < -0.39 is 0 Å². The Morgan fingerprint density at radius 3 is 2.21 bits per heavy atom. The lowest BCUT2D eigenvalue weighted by molar-refractivity contribution is 0.615. The Bertz CT molecular complexity index is 308. The zero-order chi connectivity index (χ0) is 9.84. The summed E-state index contributed by atoms with van der Waals surface area (Å²) in [4.78, 5) is 5.91. The molecule has 0 heterocycles. The molecule has 0 fully saturated rings. The number of nitrogens with zero attached hydrogens (tertiary/aromatic N) is 2. The zero-order valence-electron chi connectivity index (χ0n) is 8.07. The first-order chi connectivity index (χ1) is 6.09. The number of hydrogen-bond donors (Lipinski definition) is 1. The van der Waals surface area contributed by atoms with E-state index in [1.807, 2.05) is 26.2 Å². The standard InChI is InChI=1S/C9H12ClN3.HI/c1-13(2)9(11)12-8-5-3-7(10)4-6-8;/h3-6H,1-2H3,(H2,11,12);1H. The highest BCUT2D eigenvalue weighted by molar-refractivity contribution is 14.0. The van der Waals surface area contributed by atoms with Crippen molar-refractivity contribution in [3.63, 3.8) is 0 Å². The van der Waals surface area contributed by atoms with Crippen LogP contribution in [0.5, 0.6) is 0 Å². The monoisotopic (exact) mass is 325 g/mol. The molecule has 0 aliphatic heterocycles. The molecule has 0 spiro atoms. The summed E-state index contributed by atoms with van der Waals surface area (Å²) >= 11 is 5.72. The predicted molar refractivity (Wildman–Crippen MR) is 71.8 cm³/mol. The maximum atomic E-state index is 5.72. The van der Waals surface area contributed by atoms with Crippen LogP contribution in [-0.2, 0) is 0 Å². The molecule has 14 heavy (non-hydrogen) atoms. The summed E-state index contributed by atoms with van der Waals surface area (Å²) in [6, 6.07) is 7.20. The van der Waals surface area contributed by atoms with Gasteiger partial charge >= 0.3 is 0 Å². The van der Waals surface area contributed by atoms with Crippen molar-refractivity contribution in [3.8, 4) is 0 Å². The highest BCUT2D eigenvalue weighted by Gasteiger charge is 1.94. The third-order valence-electron chi connectivity index (χ3n) is 1.53. The van der Waals surface area contributed by atoms with Crippen molar-refractivity contribution in [2.75, 3.05) is 14.1 Å². The average molecular weight is 326 g/mol. The second kappa shape index (κ2) is 6.08. The number of benzene rings is 1. The van der Waals surface area contributed by atoms with Gasteiger partial charge in [-0.3, -0.25) is 0 Å². The van der Waals surface area contributed by atoms with Crippen LogP contribution in [0.15, 0.2) is 29.3 Å². The van der Waals surface area contributed by atoms with Crippen molar-refractivity contribution in [1.29, 1.82) is 0 Å². The smallest absolute Gasteiger partial charge is 0.195 e. The normalized spacial score (nSPS) is 10.6. The summed E-state index contributed by atoms with van der Waals surface area (Å²) in [5.74, 6) is 0.474. The van der Waals surface area contributed by atoms with Crippen LogP contribution in [0.3, 0.4) is 0 Å². The summed E-state index contributed by atoms with van der Waals surface area (Å²) in [6.45, 7) is 0. The predicted octanol–water partition coefficient (Wildman–Crippen LogP) is 2.47. The van der Waals surface area contributed by atoms with Gasteiger partial charge in [0.1, 0.15) is 0 Å². The van der Waals surface area contributed by atoms with Crippen LogP contribution >= 0.6 is 35.6 Å². The molecular formula is C9H13ClIN3. The topological polar surface area (TPSA) is 41.6 Å². The Hall–Kier alpha value is -0.490. The van der Waals surface area contributed by atoms with Crippen molar-refractivity contribution in [1.82, 2.24) is 4.90 Å². The molecule has 0 bridgehead atoms. The van der Waals surface area contributed by atoms with E-state index in [1.54, 1.807) is 17.0 Å². The van der Waals surface area contributed by atoms with Crippen molar-refractivity contribution < 1.29 is 0 Å². The molecule has 3 nitrogen and oxygen atoms in total. The summed E-state index contributed by atoms with van der Waals surface area (Å²) in [5.41, 5.74) is 6.43. The van der Waals surface area contributed by atoms with E-state index in [-0.39, 0.29) is 24.0 Å². The summed E-state index contributed by atoms with van der Waals surface area (Å²) in [6.07, 6.45) is 0. The van der Waals surface area contributed by atoms with Gasteiger partial charge in [-0.1, -0.05) is 11.6 Å². The Kier molecular flexibility index (Phi) is 5.87. The molecule has 1 aromatic rings. The maximum absolute atomic E-state index is 5.72. The highest BCUT2D eigenvalue weighted by Crippen LogP contribution is 2.15. The number of nitrogens with two attached hydrogens (primary N) is 1. The van der Waals surface area contributed by atoms with E-state index in [0.29, 0.717) is 11.0 Å². The van der Waals surface area contributed by atoms with Gasteiger partial charge < -0.3 is 10.6 Å². The van der Waals surface area contributed by atoms with Crippen molar-refractivity contribution in [3.05, 3.63) is 29.3 Å². The molecule has 0 amide bonds. The summed E-state index contributed by atoms with van der Waals surface area (Å²) in [7, 11) is 3.68. The number of rotatable bonds is 1. The Morgan fingerprint density at radius 2 is 1.79 bits per heavy atom. The molecule has 0 saturated heterocycles. The van der Waals surface area contributed by atoms with E-state index >= 15 is 0 Å². The molecule has 1 rings (SSSR count). The molecular weight excluding hydrogens is 312 g/mol. The van der Waals surface area contributed by atoms with E-state index in [0.717, 1.165) is 5.69 Å². The number of hydrogen-bond acceptors (Lipinski definition) is 1. The van der Waals surface area contributed by atoms with Crippen LogP contribution in [0.4, 0.5) is 5.69 Å².